The Bertz CT molecular complexity index is 765. The molecule has 1 aromatic heterocycles. The fourth-order valence-electron chi connectivity index (χ4n) is 2.03. The van der Waals surface area contributed by atoms with Crippen molar-refractivity contribution in [2.24, 2.45) is 0 Å². The van der Waals surface area contributed by atoms with Gasteiger partial charge < -0.3 is 19.6 Å². The minimum absolute atomic E-state index is 0.520. The number of anilines is 1. The fourth-order valence-corrected chi connectivity index (χ4v) is 2.03. The van der Waals surface area contributed by atoms with Crippen LogP contribution in [0.1, 0.15) is 0 Å². The van der Waals surface area contributed by atoms with Gasteiger partial charge in [0, 0.05) is 17.3 Å². The second-order valence-electron chi connectivity index (χ2n) is 4.32. The number of oxazole rings is 1. The summed E-state index contributed by atoms with van der Waals surface area (Å²) in [5, 5.41) is 0. The molecule has 0 aliphatic rings. The van der Waals surface area contributed by atoms with Gasteiger partial charge in [-0.25, -0.2) is 4.98 Å². The van der Waals surface area contributed by atoms with E-state index in [0.717, 1.165) is 11.1 Å². The van der Waals surface area contributed by atoms with Crippen LogP contribution in [0.2, 0.25) is 0 Å². The van der Waals surface area contributed by atoms with Gasteiger partial charge in [-0.1, -0.05) is 0 Å². The van der Waals surface area contributed by atoms with E-state index in [-0.39, 0.29) is 0 Å². The van der Waals surface area contributed by atoms with Crippen molar-refractivity contribution in [3.8, 4) is 23.0 Å². The molecule has 1 heterocycles. The zero-order valence-electron chi connectivity index (χ0n) is 11.2. The quantitative estimate of drug-likeness (QED) is 0.740. The molecule has 0 saturated heterocycles. The van der Waals surface area contributed by atoms with Crippen molar-refractivity contribution in [2.75, 3.05) is 20.0 Å². The zero-order valence-corrected chi connectivity index (χ0v) is 11.2. The number of fused-ring (bicyclic) bond motifs is 1. The molecule has 0 spiro atoms. The predicted molar refractivity (Wildman–Crippen MR) is 77.0 cm³/mol. The SMILES string of the molecule is COc1ccc(-c2nc3ccc(N)cc3o2)cc1OC. The predicted octanol–water partition coefficient (Wildman–Crippen LogP) is 3.09. The molecular weight excluding hydrogens is 256 g/mol. The molecule has 0 bridgehead atoms. The lowest BCUT2D eigenvalue weighted by molar-refractivity contribution is 0.355. The van der Waals surface area contributed by atoms with Gasteiger partial charge in [-0.3, -0.25) is 0 Å². The maximum atomic E-state index is 5.73. The van der Waals surface area contributed by atoms with Gasteiger partial charge in [0.25, 0.3) is 0 Å². The Labute approximate surface area is 115 Å². The van der Waals surface area contributed by atoms with Crippen molar-refractivity contribution in [1.29, 1.82) is 0 Å². The number of nitrogens with two attached hydrogens (primary N) is 1. The maximum absolute atomic E-state index is 5.73. The monoisotopic (exact) mass is 270 g/mol. The van der Waals surface area contributed by atoms with Crippen molar-refractivity contribution in [2.45, 2.75) is 0 Å². The zero-order chi connectivity index (χ0) is 14.1. The van der Waals surface area contributed by atoms with Crippen LogP contribution >= 0.6 is 0 Å². The number of hydrogen-bond acceptors (Lipinski definition) is 5. The van der Waals surface area contributed by atoms with Gasteiger partial charge in [0.05, 0.1) is 14.2 Å². The van der Waals surface area contributed by atoms with Gasteiger partial charge in [0.1, 0.15) is 5.52 Å². The number of methoxy groups -OCH3 is 2. The van der Waals surface area contributed by atoms with Gasteiger partial charge in [0.2, 0.25) is 5.89 Å². The summed E-state index contributed by atoms with van der Waals surface area (Å²) in [5.41, 5.74) is 8.62. The molecule has 0 unspecified atom stereocenters. The van der Waals surface area contributed by atoms with Crippen LogP contribution in [0.4, 0.5) is 5.69 Å². The van der Waals surface area contributed by atoms with Crippen molar-refractivity contribution < 1.29 is 13.9 Å². The summed E-state index contributed by atoms with van der Waals surface area (Å²) < 4.78 is 16.2. The summed E-state index contributed by atoms with van der Waals surface area (Å²) in [4.78, 5) is 4.44. The molecule has 0 fully saturated rings. The molecule has 3 aromatic rings. The third-order valence-electron chi connectivity index (χ3n) is 3.04. The third kappa shape index (κ3) is 2.03. The Hall–Kier alpha value is -2.69. The number of ether oxygens (including phenoxy) is 2. The Morgan fingerprint density at radius 1 is 1.00 bits per heavy atom. The van der Waals surface area contributed by atoms with Crippen molar-refractivity contribution in [3.05, 3.63) is 36.4 Å². The minimum Gasteiger partial charge on any atom is -0.493 e. The standard InChI is InChI=1S/C15H14N2O3/c1-18-12-6-3-9(7-14(12)19-2)15-17-11-5-4-10(16)8-13(11)20-15/h3-8H,16H2,1-2H3. The maximum Gasteiger partial charge on any atom is 0.227 e. The Morgan fingerprint density at radius 3 is 2.55 bits per heavy atom. The van der Waals surface area contributed by atoms with Crippen LogP contribution in [0, 0.1) is 0 Å². The van der Waals surface area contributed by atoms with Gasteiger partial charge in [-0.05, 0) is 30.3 Å². The molecule has 0 radical (unpaired) electrons. The molecule has 5 heteroatoms. The van der Waals surface area contributed by atoms with Crippen LogP contribution < -0.4 is 15.2 Å². The number of nitrogen functional groups attached to an aromatic ring is 1. The molecule has 20 heavy (non-hydrogen) atoms. The summed E-state index contributed by atoms with van der Waals surface area (Å²) in [6, 6.07) is 10.9. The third-order valence-corrected chi connectivity index (χ3v) is 3.04. The number of hydrogen-bond donors (Lipinski definition) is 1. The first-order valence-corrected chi connectivity index (χ1v) is 6.09. The van der Waals surface area contributed by atoms with E-state index in [2.05, 4.69) is 4.98 Å². The molecular formula is C15H14N2O3. The highest BCUT2D eigenvalue weighted by atomic mass is 16.5. The van der Waals surface area contributed by atoms with E-state index in [9.17, 15) is 0 Å². The van der Waals surface area contributed by atoms with Gasteiger partial charge in [-0.2, -0.15) is 0 Å². The van der Waals surface area contributed by atoms with Gasteiger partial charge in [0.15, 0.2) is 17.1 Å². The van der Waals surface area contributed by atoms with Crippen molar-refractivity contribution >= 4 is 16.8 Å². The van der Waals surface area contributed by atoms with E-state index in [1.165, 1.54) is 0 Å². The number of rotatable bonds is 3. The van der Waals surface area contributed by atoms with Crippen molar-refractivity contribution in [1.82, 2.24) is 4.98 Å². The molecule has 5 nitrogen and oxygen atoms in total. The first-order valence-electron chi connectivity index (χ1n) is 6.09. The van der Waals surface area contributed by atoms with Crippen molar-refractivity contribution in [3.63, 3.8) is 0 Å². The molecule has 0 aliphatic heterocycles. The summed E-state index contributed by atoms with van der Waals surface area (Å²) in [7, 11) is 3.19. The van der Waals surface area contributed by atoms with E-state index in [1.54, 1.807) is 26.4 Å². The number of benzene rings is 2. The highest BCUT2D eigenvalue weighted by Gasteiger charge is 2.11. The Morgan fingerprint density at radius 2 is 1.80 bits per heavy atom. The van der Waals surface area contributed by atoms with Gasteiger partial charge >= 0.3 is 0 Å². The molecule has 3 rings (SSSR count). The average molecular weight is 270 g/mol. The number of aromatic nitrogens is 1. The van der Waals surface area contributed by atoms with Crippen LogP contribution in [0.25, 0.3) is 22.6 Å². The molecule has 0 aliphatic carbocycles. The van der Waals surface area contributed by atoms with E-state index in [1.807, 2.05) is 24.3 Å². The van der Waals surface area contributed by atoms with Crippen LogP contribution in [0.5, 0.6) is 11.5 Å². The Balaban J connectivity index is 2.10. The van der Waals surface area contributed by atoms with Crippen LogP contribution in [-0.4, -0.2) is 19.2 Å². The summed E-state index contributed by atoms with van der Waals surface area (Å²) >= 11 is 0. The molecule has 0 amide bonds. The first-order chi connectivity index (χ1) is 9.71. The summed E-state index contributed by atoms with van der Waals surface area (Å²) in [6.45, 7) is 0. The van der Waals surface area contributed by atoms with Crippen LogP contribution in [0.3, 0.4) is 0 Å². The Kier molecular flexibility index (Phi) is 2.95. The van der Waals surface area contributed by atoms with Crippen LogP contribution in [-0.2, 0) is 0 Å². The van der Waals surface area contributed by atoms with E-state index in [4.69, 9.17) is 19.6 Å². The summed E-state index contributed by atoms with van der Waals surface area (Å²) in [6.07, 6.45) is 0. The lowest BCUT2D eigenvalue weighted by Gasteiger charge is -2.07. The first kappa shape index (κ1) is 12.3. The topological polar surface area (TPSA) is 70.5 Å². The molecule has 102 valence electrons. The summed E-state index contributed by atoms with van der Waals surface area (Å²) in [5.74, 6) is 1.81. The van der Waals surface area contributed by atoms with Crippen LogP contribution in [0.15, 0.2) is 40.8 Å². The highest BCUT2D eigenvalue weighted by Crippen LogP contribution is 2.33. The minimum atomic E-state index is 0.520. The smallest absolute Gasteiger partial charge is 0.227 e. The van der Waals surface area contributed by atoms with E-state index < -0.39 is 0 Å². The lowest BCUT2D eigenvalue weighted by atomic mass is 10.2. The highest BCUT2D eigenvalue weighted by molar-refractivity contribution is 5.79. The fraction of sp³-hybridized carbons (Fsp3) is 0.133. The lowest BCUT2D eigenvalue weighted by Crippen LogP contribution is -1.90. The largest absolute Gasteiger partial charge is 0.493 e. The molecule has 2 N–H and O–H groups in total. The average Bonchev–Trinajstić information content (AvgIpc) is 2.89. The molecule has 2 aromatic carbocycles. The second-order valence-corrected chi connectivity index (χ2v) is 4.32. The van der Waals surface area contributed by atoms with E-state index in [0.29, 0.717) is 28.7 Å². The van der Waals surface area contributed by atoms with E-state index >= 15 is 0 Å². The number of nitrogens with zero attached hydrogens (tertiary/aromatic N) is 1. The normalized spacial score (nSPS) is 10.7. The second kappa shape index (κ2) is 4.77. The molecule has 0 atom stereocenters. The molecule has 0 saturated carbocycles. The van der Waals surface area contributed by atoms with Gasteiger partial charge in [-0.15, -0.1) is 0 Å².